The van der Waals surface area contributed by atoms with Crippen molar-refractivity contribution < 1.29 is 23.9 Å². The Bertz CT molecular complexity index is 2150. The number of hydrogen-bond donors (Lipinski definition) is 3. The highest BCUT2D eigenvalue weighted by atomic mass is 32.2. The van der Waals surface area contributed by atoms with Gasteiger partial charge in [0.25, 0.3) is 11.8 Å². The van der Waals surface area contributed by atoms with Gasteiger partial charge in [0.15, 0.2) is 5.13 Å². The first-order chi connectivity index (χ1) is 24.9. The predicted molar refractivity (Wildman–Crippen MR) is 204 cm³/mol. The number of thiazole rings is 1. The molecule has 0 saturated carbocycles. The lowest BCUT2D eigenvalue weighted by atomic mass is 10.1. The number of thioether (sulfide) groups is 1. The lowest BCUT2D eigenvalue weighted by Crippen LogP contribution is -2.30. The second kappa shape index (κ2) is 16.7. The number of carbonyl (C=O) groups excluding carboxylic acids is 3. The highest BCUT2D eigenvalue weighted by molar-refractivity contribution is 8.00. The van der Waals surface area contributed by atoms with Crippen LogP contribution in [0.3, 0.4) is 0 Å². The fourth-order valence-electron chi connectivity index (χ4n) is 5.05. The van der Waals surface area contributed by atoms with Crippen LogP contribution in [0.25, 0.3) is 16.3 Å². The Morgan fingerprint density at radius 3 is 2.20 bits per heavy atom. The van der Waals surface area contributed by atoms with Crippen LogP contribution in [0.15, 0.2) is 138 Å². The minimum atomic E-state index is -0.579. The van der Waals surface area contributed by atoms with E-state index in [1.165, 1.54) is 23.1 Å². The molecule has 0 aliphatic rings. The molecule has 11 heteroatoms. The molecule has 1 unspecified atom stereocenters. The van der Waals surface area contributed by atoms with Gasteiger partial charge >= 0.3 is 0 Å². The monoisotopic (exact) mass is 714 g/mol. The molecule has 1 atom stereocenters. The fraction of sp³-hybridized carbons (Fsp3) is 0.100. The molecule has 9 nitrogen and oxygen atoms in total. The topological polar surface area (TPSA) is 119 Å². The minimum absolute atomic E-state index is 0.0669. The van der Waals surface area contributed by atoms with Crippen molar-refractivity contribution in [2.75, 3.05) is 24.4 Å². The first-order valence-electron chi connectivity index (χ1n) is 16.1. The van der Waals surface area contributed by atoms with E-state index < -0.39 is 17.1 Å². The summed E-state index contributed by atoms with van der Waals surface area (Å²) in [7, 11) is 1.58. The van der Waals surface area contributed by atoms with Crippen molar-refractivity contribution >= 4 is 67.9 Å². The largest absolute Gasteiger partial charge is 0.497 e. The van der Waals surface area contributed by atoms with E-state index in [1.807, 2.05) is 73.7 Å². The van der Waals surface area contributed by atoms with E-state index >= 15 is 0 Å². The standard InChI is InChI=1S/C40H34N4O5S2/c1-3-49-31-20-23-33-35(25-31)51-40(43-33)44-39(47)36(27-10-6-4-7-11-27)50-32-21-16-29(17-22-32)41-38(46)34(24-26-14-18-30(48-2)19-15-26)42-37(45)28-12-8-5-9-13-28/h4-25,36H,3H2,1-2H3,(H,41,46)(H,42,45)(H,43,44,47)/b34-24-. The van der Waals surface area contributed by atoms with Crippen LogP contribution in [0.1, 0.15) is 33.7 Å². The zero-order chi connectivity index (χ0) is 35.6. The lowest BCUT2D eigenvalue weighted by Gasteiger charge is -2.16. The van der Waals surface area contributed by atoms with Gasteiger partial charge in [-0.2, -0.15) is 0 Å². The van der Waals surface area contributed by atoms with E-state index in [1.54, 1.807) is 73.8 Å². The van der Waals surface area contributed by atoms with Crippen molar-refractivity contribution in [2.45, 2.75) is 17.1 Å². The number of aromatic nitrogens is 1. The molecule has 1 aromatic heterocycles. The van der Waals surface area contributed by atoms with Crippen LogP contribution < -0.4 is 25.4 Å². The number of carbonyl (C=O) groups is 3. The van der Waals surface area contributed by atoms with E-state index in [0.717, 1.165) is 26.4 Å². The van der Waals surface area contributed by atoms with Crippen LogP contribution >= 0.6 is 23.1 Å². The van der Waals surface area contributed by atoms with Crippen molar-refractivity contribution in [3.63, 3.8) is 0 Å². The summed E-state index contributed by atoms with van der Waals surface area (Å²) in [6.45, 7) is 2.49. The number of ether oxygens (including phenoxy) is 2. The summed E-state index contributed by atoms with van der Waals surface area (Å²) >= 11 is 2.77. The third-order valence-electron chi connectivity index (χ3n) is 7.56. The molecule has 0 saturated heterocycles. The Balaban J connectivity index is 1.18. The second-order valence-corrected chi connectivity index (χ2v) is 13.3. The van der Waals surface area contributed by atoms with Crippen molar-refractivity contribution in [1.29, 1.82) is 0 Å². The highest BCUT2D eigenvalue weighted by Crippen LogP contribution is 2.38. The maximum absolute atomic E-state index is 13.7. The van der Waals surface area contributed by atoms with Gasteiger partial charge in [0.1, 0.15) is 22.4 Å². The molecule has 5 aromatic carbocycles. The van der Waals surface area contributed by atoms with E-state index in [4.69, 9.17) is 9.47 Å². The van der Waals surface area contributed by atoms with Crippen LogP contribution in [-0.4, -0.2) is 36.4 Å². The van der Waals surface area contributed by atoms with Gasteiger partial charge < -0.3 is 25.4 Å². The Kier molecular flexibility index (Phi) is 11.4. The van der Waals surface area contributed by atoms with Crippen LogP contribution in [0.2, 0.25) is 0 Å². The van der Waals surface area contributed by atoms with Gasteiger partial charge in [0.05, 0.1) is 23.9 Å². The smallest absolute Gasteiger partial charge is 0.272 e. The van der Waals surface area contributed by atoms with Crippen LogP contribution in [0.4, 0.5) is 10.8 Å². The molecule has 1 heterocycles. The molecule has 256 valence electrons. The zero-order valence-electron chi connectivity index (χ0n) is 27.8. The summed E-state index contributed by atoms with van der Waals surface area (Å²) in [6, 6.07) is 38.2. The predicted octanol–water partition coefficient (Wildman–Crippen LogP) is 8.59. The summed E-state index contributed by atoms with van der Waals surface area (Å²) in [4.78, 5) is 45.7. The quantitative estimate of drug-likeness (QED) is 0.0810. The first kappa shape index (κ1) is 34.9. The molecule has 0 aliphatic heterocycles. The van der Waals surface area contributed by atoms with Gasteiger partial charge in [-0.3, -0.25) is 14.4 Å². The first-order valence-corrected chi connectivity index (χ1v) is 17.8. The molecule has 3 N–H and O–H groups in total. The van der Waals surface area contributed by atoms with Crippen LogP contribution in [0, 0.1) is 0 Å². The van der Waals surface area contributed by atoms with Crippen molar-refractivity contribution in [2.24, 2.45) is 0 Å². The van der Waals surface area contributed by atoms with Gasteiger partial charge in [-0.15, -0.1) is 11.8 Å². The van der Waals surface area contributed by atoms with E-state index in [0.29, 0.717) is 34.3 Å². The average molecular weight is 715 g/mol. The summed E-state index contributed by atoms with van der Waals surface area (Å²) in [5.74, 6) is 0.301. The number of hydrogen-bond acceptors (Lipinski definition) is 8. The summed E-state index contributed by atoms with van der Waals surface area (Å²) in [5, 5.41) is 8.57. The van der Waals surface area contributed by atoms with Gasteiger partial charge in [-0.1, -0.05) is 72.0 Å². The number of nitrogens with zero attached hydrogens (tertiary/aromatic N) is 1. The number of rotatable bonds is 13. The molecule has 3 amide bonds. The third kappa shape index (κ3) is 9.21. The van der Waals surface area contributed by atoms with E-state index in [9.17, 15) is 14.4 Å². The highest BCUT2D eigenvalue weighted by Gasteiger charge is 2.24. The lowest BCUT2D eigenvalue weighted by molar-refractivity contribution is -0.116. The summed E-state index contributed by atoms with van der Waals surface area (Å²) < 4.78 is 11.8. The molecule has 0 fully saturated rings. The maximum atomic E-state index is 13.7. The SMILES string of the molecule is CCOc1ccc2nc(NC(=O)C(Sc3ccc(NC(=O)/C(=C/c4ccc(OC)cc4)NC(=O)c4ccccc4)cc3)c3ccccc3)sc2c1. The van der Waals surface area contributed by atoms with Crippen molar-refractivity contribution in [1.82, 2.24) is 10.3 Å². The van der Waals surface area contributed by atoms with Gasteiger partial charge in [-0.05, 0) is 90.9 Å². The fourth-order valence-corrected chi connectivity index (χ4v) is 6.97. The number of anilines is 2. The average Bonchev–Trinajstić information content (AvgIpc) is 3.56. The number of amides is 3. The number of nitrogens with one attached hydrogen (secondary N) is 3. The molecule has 0 bridgehead atoms. The molecular formula is C40H34N4O5S2. The molecule has 0 aliphatic carbocycles. The van der Waals surface area contributed by atoms with Crippen LogP contribution in [-0.2, 0) is 9.59 Å². The van der Waals surface area contributed by atoms with Gasteiger partial charge in [-0.25, -0.2) is 4.98 Å². The molecular weight excluding hydrogens is 681 g/mol. The molecule has 51 heavy (non-hydrogen) atoms. The Labute approximate surface area is 303 Å². The summed E-state index contributed by atoms with van der Waals surface area (Å²) in [5.41, 5.74) is 3.31. The van der Waals surface area contributed by atoms with Crippen LogP contribution in [0.5, 0.6) is 11.5 Å². The second-order valence-electron chi connectivity index (χ2n) is 11.1. The van der Waals surface area contributed by atoms with Crippen molar-refractivity contribution in [3.05, 3.63) is 150 Å². The maximum Gasteiger partial charge on any atom is 0.272 e. The van der Waals surface area contributed by atoms with Crippen molar-refractivity contribution in [3.8, 4) is 11.5 Å². The normalized spacial score (nSPS) is 11.8. The molecule has 6 rings (SSSR count). The third-order valence-corrected chi connectivity index (χ3v) is 9.76. The Hall–Kier alpha value is -5.91. The van der Waals surface area contributed by atoms with Gasteiger partial charge in [0.2, 0.25) is 5.91 Å². The number of methoxy groups -OCH3 is 1. The molecule has 0 spiro atoms. The number of benzene rings is 5. The zero-order valence-corrected chi connectivity index (χ0v) is 29.4. The Morgan fingerprint density at radius 2 is 1.51 bits per heavy atom. The Morgan fingerprint density at radius 1 is 0.824 bits per heavy atom. The molecule has 0 radical (unpaired) electrons. The molecule has 6 aromatic rings. The van der Waals surface area contributed by atoms with E-state index in [-0.39, 0.29) is 11.6 Å². The summed E-state index contributed by atoms with van der Waals surface area (Å²) in [6.07, 6.45) is 1.60. The van der Waals surface area contributed by atoms with E-state index in [2.05, 4.69) is 20.9 Å². The van der Waals surface area contributed by atoms with Gasteiger partial charge in [0, 0.05) is 16.1 Å². The number of fused-ring (bicyclic) bond motifs is 1. The minimum Gasteiger partial charge on any atom is -0.497 e.